The van der Waals surface area contributed by atoms with Gasteiger partial charge in [0.2, 0.25) is 16.8 Å². The van der Waals surface area contributed by atoms with E-state index >= 15 is 0 Å². The SMILES string of the molecule is CC1CCN(S(=O)(=O)c2cccc(C(=O)NCc3ccc4c(c3)OCO4)c2)CC1. The molecule has 0 aliphatic carbocycles. The fraction of sp³-hybridized carbons (Fsp3) is 0.381. The average Bonchev–Trinajstić information content (AvgIpc) is 3.20. The first kappa shape index (κ1) is 19.7. The predicted octanol–water partition coefficient (Wildman–Crippen LogP) is 2.77. The number of nitrogens with one attached hydrogen (secondary N) is 1. The molecule has 8 heteroatoms. The summed E-state index contributed by atoms with van der Waals surface area (Å²) in [5, 5.41) is 2.83. The molecule has 2 aliphatic rings. The van der Waals surface area contributed by atoms with Crippen LogP contribution >= 0.6 is 0 Å². The molecule has 0 unspecified atom stereocenters. The number of hydrogen-bond donors (Lipinski definition) is 1. The molecule has 0 atom stereocenters. The van der Waals surface area contributed by atoms with Crippen LogP contribution in [0.4, 0.5) is 0 Å². The zero-order valence-electron chi connectivity index (χ0n) is 16.3. The second kappa shape index (κ2) is 8.04. The molecular weight excluding hydrogens is 392 g/mol. The zero-order chi connectivity index (χ0) is 20.4. The molecule has 0 radical (unpaired) electrons. The Balaban J connectivity index is 1.44. The van der Waals surface area contributed by atoms with Gasteiger partial charge in [0.15, 0.2) is 11.5 Å². The van der Waals surface area contributed by atoms with Gasteiger partial charge >= 0.3 is 0 Å². The molecule has 0 saturated carbocycles. The summed E-state index contributed by atoms with van der Waals surface area (Å²) in [7, 11) is -3.59. The number of carbonyl (C=O) groups excluding carboxylic acids is 1. The first-order valence-corrected chi connectivity index (χ1v) is 11.1. The lowest BCUT2D eigenvalue weighted by molar-refractivity contribution is 0.0950. The number of amides is 1. The molecule has 2 aromatic carbocycles. The quantitative estimate of drug-likeness (QED) is 0.810. The van der Waals surface area contributed by atoms with Crippen molar-refractivity contribution in [3.05, 3.63) is 53.6 Å². The monoisotopic (exact) mass is 416 g/mol. The van der Waals surface area contributed by atoms with Crippen molar-refractivity contribution in [1.82, 2.24) is 9.62 Å². The summed E-state index contributed by atoms with van der Waals surface area (Å²) in [5.41, 5.74) is 1.19. The van der Waals surface area contributed by atoms with Crippen LogP contribution < -0.4 is 14.8 Å². The number of fused-ring (bicyclic) bond motifs is 1. The molecule has 0 bridgehead atoms. The summed E-state index contributed by atoms with van der Waals surface area (Å²) in [4.78, 5) is 12.7. The molecule has 1 amide bonds. The molecule has 1 fully saturated rings. The predicted molar refractivity (Wildman–Crippen MR) is 107 cm³/mol. The highest BCUT2D eigenvalue weighted by molar-refractivity contribution is 7.89. The van der Waals surface area contributed by atoms with E-state index in [2.05, 4.69) is 12.2 Å². The minimum atomic E-state index is -3.59. The molecule has 2 aliphatic heterocycles. The van der Waals surface area contributed by atoms with Crippen molar-refractivity contribution in [3.8, 4) is 11.5 Å². The van der Waals surface area contributed by atoms with Gasteiger partial charge in [0.25, 0.3) is 5.91 Å². The normalized spacial score (nSPS) is 17.3. The van der Waals surface area contributed by atoms with E-state index in [1.54, 1.807) is 24.3 Å². The van der Waals surface area contributed by atoms with Crippen molar-refractivity contribution in [2.45, 2.75) is 31.2 Å². The van der Waals surface area contributed by atoms with Gasteiger partial charge in [-0.1, -0.05) is 19.1 Å². The van der Waals surface area contributed by atoms with Gasteiger partial charge in [-0.25, -0.2) is 8.42 Å². The summed E-state index contributed by atoms with van der Waals surface area (Å²) < 4.78 is 38.0. The maximum Gasteiger partial charge on any atom is 0.251 e. The maximum atomic E-state index is 12.9. The number of ether oxygens (including phenoxy) is 2. The van der Waals surface area contributed by atoms with E-state index in [4.69, 9.17) is 9.47 Å². The minimum absolute atomic E-state index is 0.155. The summed E-state index contributed by atoms with van der Waals surface area (Å²) in [6, 6.07) is 11.7. The smallest absolute Gasteiger partial charge is 0.251 e. The van der Waals surface area contributed by atoms with Crippen molar-refractivity contribution in [2.24, 2.45) is 5.92 Å². The lowest BCUT2D eigenvalue weighted by Gasteiger charge is -2.29. The van der Waals surface area contributed by atoms with Gasteiger partial charge in [-0.15, -0.1) is 0 Å². The first-order chi connectivity index (χ1) is 13.9. The van der Waals surface area contributed by atoms with Crippen LogP contribution in [-0.2, 0) is 16.6 Å². The third-order valence-corrected chi connectivity index (χ3v) is 7.26. The van der Waals surface area contributed by atoms with Gasteiger partial charge in [0.1, 0.15) is 0 Å². The van der Waals surface area contributed by atoms with E-state index in [9.17, 15) is 13.2 Å². The second-order valence-corrected chi connectivity index (χ2v) is 9.42. The molecule has 2 aromatic rings. The van der Waals surface area contributed by atoms with Gasteiger partial charge in [0, 0.05) is 25.2 Å². The summed E-state index contributed by atoms with van der Waals surface area (Å²) in [6.07, 6.45) is 1.71. The van der Waals surface area contributed by atoms with Gasteiger partial charge < -0.3 is 14.8 Å². The lowest BCUT2D eigenvalue weighted by atomic mass is 10.0. The molecule has 154 valence electrons. The Morgan fingerprint density at radius 2 is 1.86 bits per heavy atom. The van der Waals surface area contributed by atoms with Crippen LogP contribution in [0.5, 0.6) is 11.5 Å². The number of benzene rings is 2. The van der Waals surface area contributed by atoms with E-state index in [-0.39, 0.29) is 17.6 Å². The van der Waals surface area contributed by atoms with Crippen LogP contribution in [0, 0.1) is 5.92 Å². The molecule has 4 rings (SSSR count). The van der Waals surface area contributed by atoms with Crippen LogP contribution in [0.25, 0.3) is 0 Å². The fourth-order valence-corrected chi connectivity index (χ4v) is 5.02. The highest BCUT2D eigenvalue weighted by Gasteiger charge is 2.28. The van der Waals surface area contributed by atoms with Crippen molar-refractivity contribution in [2.75, 3.05) is 19.9 Å². The van der Waals surface area contributed by atoms with Crippen LogP contribution in [0.1, 0.15) is 35.7 Å². The number of carbonyl (C=O) groups is 1. The van der Waals surface area contributed by atoms with E-state index in [1.165, 1.54) is 10.4 Å². The van der Waals surface area contributed by atoms with Crippen molar-refractivity contribution < 1.29 is 22.7 Å². The Bertz CT molecular complexity index is 1010. The van der Waals surface area contributed by atoms with E-state index in [0.29, 0.717) is 42.6 Å². The van der Waals surface area contributed by atoms with Crippen molar-refractivity contribution >= 4 is 15.9 Å². The highest BCUT2D eigenvalue weighted by Crippen LogP contribution is 2.32. The van der Waals surface area contributed by atoms with Crippen LogP contribution in [0.3, 0.4) is 0 Å². The molecule has 1 saturated heterocycles. The Morgan fingerprint density at radius 3 is 2.66 bits per heavy atom. The Kier molecular flexibility index (Phi) is 5.47. The molecule has 0 aromatic heterocycles. The third kappa shape index (κ3) is 4.23. The minimum Gasteiger partial charge on any atom is -0.454 e. The number of hydrogen-bond acceptors (Lipinski definition) is 5. The van der Waals surface area contributed by atoms with Gasteiger partial charge in [-0.3, -0.25) is 4.79 Å². The standard InChI is InChI=1S/C21H24N2O5S/c1-15-7-9-23(10-8-15)29(25,26)18-4-2-3-17(12-18)21(24)22-13-16-5-6-19-20(11-16)28-14-27-19/h2-6,11-12,15H,7-10,13-14H2,1H3,(H,22,24). The first-order valence-electron chi connectivity index (χ1n) is 9.70. The second-order valence-electron chi connectivity index (χ2n) is 7.48. The van der Waals surface area contributed by atoms with E-state index < -0.39 is 10.0 Å². The maximum absolute atomic E-state index is 12.9. The molecule has 2 heterocycles. The number of piperidine rings is 1. The Hall–Kier alpha value is -2.58. The number of nitrogens with zero attached hydrogens (tertiary/aromatic N) is 1. The van der Waals surface area contributed by atoms with Crippen LogP contribution in [0.15, 0.2) is 47.4 Å². The lowest BCUT2D eigenvalue weighted by Crippen LogP contribution is -2.38. The number of sulfonamides is 1. The van der Waals surface area contributed by atoms with Crippen LogP contribution in [-0.4, -0.2) is 38.5 Å². The summed E-state index contributed by atoms with van der Waals surface area (Å²) in [5.74, 6) is 1.55. The molecule has 0 spiro atoms. The largest absolute Gasteiger partial charge is 0.454 e. The van der Waals surface area contributed by atoms with Crippen molar-refractivity contribution in [1.29, 1.82) is 0 Å². The van der Waals surface area contributed by atoms with Gasteiger partial charge in [-0.2, -0.15) is 4.31 Å². The molecule has 1 N–H and O–H groups in total. The molecule has 7 nitrogen and oxygen atoms in total. The Morgan fingerprint density at radius 1 is 1.10 bits per heavy atom. The summed E-state index contributed by atoms with van der Waals surface area (Å²) >= 11 is 0. The third-order valence-electron chi connectivity index (χ3n) is 5.37. The average molecular weight is 416 g/mol. The number of rotatable bonds is 5. The van der Waals surface area contributed by atoms with E-state index in [0.717, 1.165) is 18.4 Å². The Labute approximate surface area is 170 Å². The van der Waals surface area contributed by atoms with Crippen molar-refractivity contribution in [3.63, 3.8) is 0 Å². The molecular formula is C21H24N2O5S. The highest BCUT2D eigenvalue weighted by atomic mass is 32.2. The van der Waals surface area contributed by atoms with E-state index in [1.807, 2.05) is 12.1 Å². The molecule has 29 heavy (non-hydrogen) atoms. The fourth-order valence-electron chi connectivity index (χ4n) is 3.51. The van der Waals surface area contributed by atoms with Gasteiger partial charge in [-0.05, 0) is 54.7 Å². The van der Waals surface area contributed by atoms with Crippen LogP contribution in [0.2, 0.25) is 0 Å². The van der Waals surface area contributed by atoms with Gasteiger partial charge in [0.05, 0.1) is 4.90 Å². The topological polar surface area (TPSA) is 84.9 Å². The summed E-state index contributed by atoms with van der Waals surface area (Å²) in [6.45, 7) is 3.67. The zero-order valence-corrected chi connectivity index (χ0v) is 17.1.